The molecule has 0 radical (unpaired) electrons. The number of aryl methyl sites for hydroxylation is 1. The second-order valence-electron chi connectivity index (χ2n) is 9.65. The van der Waals surface area contributed by atoms with Crippen LogP contribution >= 0.6 is 0 Å². The first-order chi connectivity index (χ1) is 15.3. The Kier molecular flexibility index (Phi) is 4.52. The molecule has 0 saturated heterocycles. The number of anilines is 1. The van der Waals surface area contributed by atoms with E-state index in [1.165, 1.54) is 0 Å². The summed E-state index contributed by atoms with van der Waals surface area (Å²) >= 11 is 0. The fourth-order valence-corrected chi connectivity index (χ4v) is 5.46. The molecule has 0 bridgehead atoms. The number of hydrogen-bond donors (Lipinski definition) is 1. The highest BCUT2D eigenvalue weighted by Gasteiger charge is 2.62. The van der Waals surface area contributed by atoms with Gasteiger partial charge in [-0.2, -0.15) is 5.10 Å². The van der Waals surface area contributed by atoms with Crippen molar-refractivity contribution in [3.05, 3.63) is 65.7 Å². The van der Waals surface area contributed by atoms with E-state index >= 15 is 0 Å². The Bertz CT molecular complexity index is 1210. The lowest BCUT2D eigenvalue weighted by molar-refractivity contribution is -0.124. The summed E-state index contributed by atoms with van der Waals surface area (Å²) < 4.78 is 7.02. The van der Waals surface area contributed by atoms with Crippen LogP contribution in [0.15, 0.2) is 54.6 Å². The summed E-state index contributed by atoms with van der Waals surface area (Å²) in [6, 6.07) is 16.8. The van der Waals surface area contributed by atoms with Crippen molar-refractivity contribution in [2.75, 3.05) is 12.4 Å². The molecule has 1 aliphatic heterocycles. The first-order valence-corrected chi connectivity index (χ1v) is 10.9. The SMILES string of the molecule is COc1ccc([C@H]2Nc3c(c(-c4ccccc4)nn3C)C(=O)[C@]23CC(C)(C)CC3=O)cc1. The number of ether oxygens (including phenoxy) is 1. The third kappa shape index (κ3) is 2.89. The number of rotatable bonds is 3. The molecule has 3 aromatic rings. The molecular formula is C26H27N3O3. The summed E-state index contributed by atoms with van der Waals surface area (Å²) in [5, 5.41) is 8.24. The van der Waals surface area contributed by atoms with E-state index in [2.05, 4.69) is 24.3 Å². The van der Waals surface area contributed by atoms with Gasteiger partial charge in [0.05, 0.1) is 18.7 Å². The van der Waals surface area contributed by atoms with E-state index in [1.807, 2.05) is 61.6 Å². The summed E-state index contributed by atoms with van der Waals surface area (Å²) in [5.41, 5.74) is 1.45. The van der Waals surface area contributed by atoms with Gasteiger partial charge in [-0.05, 0) is 29.5 Å². The summed E-state index contributed by atoms with van der Waals surface area (Å²) in [7, 11) is 3.45. The molecule has 6 nitrogen and oxygen atoms in total. The van der Waals surface area contributed by atoms with Crippen LogP contribution in [0.25, 0.3) is 11.3 Å². The van der Waals surface area contributed by atoms with E-state index in [0.717, 1.165) is 16.9 Å². The number of nitrogens with zero attached hydrogens (tertiary/aromatic N) is 2. The molecule has 164 valence electrons. The molecular weight excluding hydrogens is 402 g/mol. The van der Waals surface area contributed by atoms with Crippen molar-refractivity contribution in [3.63, 3.8) is 0 Å². The fourth-order valence-electron chi connectivity index (χ4n) is 5.46. The number of nitrogens with one attached hydrogen (secondary N) is 1. The van der Waals surface area contributed by atoms with Gasteiger partial charge in [-0.1, -0.05) is 56.3 Å². The maximum atomic E-state index is 14.3. The Labute approximate surface area is 187 Å². The van der Waals surface area contributed by atoms with Crippen molar-refractivity contribution < 1.29 is 14.3 Å². The van der Waals surface area contributed by atoms with Crippen molar-refractivity contribution in [1.82, 2.24) is 9.78 Å². The first-order valence-electron chi connectivity index (χ1n) is 10.9. The molecule has 2 heterocycles. The summed E-state index contributed by atoms with van der Waals surface area (Å²) in [5.74, 6) is 1.25. The van der Waals surface area contributed by atoms with Gasteiger partial charge >= 0.3 is 0 Å². The molecule has 6 heteroatoms. The van der Waals surface area contributed by atoms with Gasteiger partial charge in [-0.25, -0.2) is 0 Å². The zero-order valence-electron chi connectivity index (χ0n) is 18.8. The number of carbonyl (C=O) groups excluding carboxylic acids is 2. The van der Waals surface area contributed by atoms with Crippen molar-refractivity contribution in [3.8, 4) is 17.0 Å². The predicted molar refractivity (Wildman–Crippen MR) is 123 cm³/mol. The van der Waals surface area contributed by atoms with Gasteiger partial charge < -0.3 is 10.1 Å². The third-order valence-electron chi connectivity index (χ3n) is 6.84. The first kappa shape index (κ1) is 20.5. The molecule has 1 saturated carbocycles. The fraction of sp³-hybridized carbons (Fsp3) is 0.346. The van der Waals surface area contributed by atoms with Crippen molar-refractivity contribution in [2.45, 2.75) is 32.7 Å². The van der Waals surface area contributed by atoms with Crippen LogP contribution in [0.5, 0.6) is 5.75 Å². The van der Waals surface area contributed by atoms with Crippen molar-refractivity contribution >= 4 is 17.4 Å². The Balaban J connectivity index is 1.73. The number of aromatic nitrogens is 2. The summed E-state index contributed by atoms with van der Waals surface area (Å²) in [4.78, 5) is 28.0. The Morgan fingerprint density at radius 2 is 1.75 bits per heavy atom. The predicted octanol–water partition coefficient (Wildman–Crippen LogP) is 4.82. The average molecular weight is 430 g/mol. The molecule has 2 aromatic carbocycles. The largest absolute Gasteiger partial charge is 0.497 e. The zero-order chi connectivity index (χ0) is 22.7. The topological polar surface area (TPSA) is 73.2 Å². The van der Waals surface area contributed by atoms with Crippen LogP contribution < -0.4 is 10.1 Å². The van der Waals surface area contributed by atoms with Gasteiger partial charge in [0.15, 0.2) is 5.78 Å². The Hall–Kier alpha value is -3.41. The van der Waals surface area contributed by atoms with Crippen LogP contribution in [0.2, 0.25) is 0 Å². The van der Waals surface area contributed by atoms with E-state index in [4.69, 9.17) is 4.74 Å². The van der Waals surface area contributed by atoms with Gasteiger partial charge in [0.2, 0.25) is 0 Å². The van der Waals surface area contributed by atoms with Gasteiger partial charge in [0.25, 0.3) is 0 Å². The van der Waals surface area contributed by atoms with Crippen LogP contribution in [-0.4, -0.2) is 28.5 Å². The lowest BCUT2D eigenvalue weighted by Crippen LogP contribution is -2.48. The molecule has 32 heavy (non-hydrogen) atoms. The molecule has 1 spiro atoms. The maximum Gasteiger partial charge on any atom is 0.184 e. The smallest absolute Gasteiger partial charge is 0.184 e. The monoisotopic (exact) mass is 429 g/mol. The highest BCUT2D eigenvalue weighted by molar-refractivity contribution is 6.22. The van der Waals surface area contributed by atoms with Crippen LogP contribution in [0.3, 0.4) is 0 Å². The van der Waals surface area contributed by atoms with E-state index in [1.54, 1.807) is 11.8 Å². The minimum atomic E-state index is -1.17. The molecule has 5 rings (SSSR count). The Morgan fingerprint density at radius 1 is 1.06 bits per heavy atom. The minimum absolute atomic E-state index is 0.00525. The van der Waals surface area contributed by atoms with Crippen LogP contribution in [0.4, 0.5) is 5.82 Å². The van der Waals surface area contributed by atoms with Crippen LogP contribution in [0, 0.1) is 10.8 Å². The quantitative estimate of drug-likeness (QED) is 0.604. The number of benzene rings is 2. The number of fused-ring (bicyclic) bond motifs is 1. The van der Waals surface area contributed by atoms with E-state index in [0.29, 0.717) is 29.9 Å². The van der Waals surface area contributed by atoms with Gasteiger partial charge in [-0.15, -0.1) is 0 Å². The molecule has 1 aliphatic carbocycles. The van der Waals surface area contributed by atoms with Crippen LogP contribution in [-0.2, 0) is 11.8 Å². The van der Waals surface area contributed by atoms with Crippen molar-refractivity contribution in [2.24, 2.45) is 17.9 Å². The Morgan fingerprint density at radius 3 is 2.34 bits per heavy atom. The average Bonchev–Trinajstić information content (AvgIpc) is 3.24. The number of carbonyl (C=O) groups is 2. The maximum absolute atomic E-state index is 14.3. The molecule has 1 fully saturated rings. The summed E-state index contributed by atoms with van der Waals surface area (Å²) in [6.45, 7) is 4.13. The van der Waals surface area contributed by atoms with Crippen molar-refractivity contribution in [1.29, 1.82) is 0 Å². The van der Waals surface area contributed by atoms with Gasteiger partial charge in [-0.3, -0.25) is 14.3 Å². The molecule has 1 N–H and O–H groups in total. The number of Topliss-reactive ketones (excluding diaryl/α,β-unsaturated/α-hetero) is 2. The highest BCUT2D eigenvalue weighted by atomic mass is 16.5. The molecule has 2 atom stereocenters. The lowest BCUT2D eigenvalue weighted by atomic mass is 9.66. The number of hydrogen-bond acceptors (Lipinski definition) is 5. The second kappa shape index (κ2) is 7.05. The van der Waals surface area contributed by atoms with E-state index in [9.17, 15) is 9.59 Å². The molecule has 0 amide bonds. The second-order valence-corrected chi connectivity index (χ2v) is 9.65. The number of methoxy groups -OCH3 is 1. The highest BCUT2D eigenvalue weighted by Crippen LogP contribution is 2.58. The van der Waals surface area contributed by atoms with Gasteiger partial charge in [0, 0.05) is 19.0 Å². The minimum Gasteiger partial charge on any atom is -0.497 e. The van der Waals surface area contributed by atoms with E-state index in [-0.39, 0.29) is 17.0 Å². The molecule has 0 unspecified atom stereocenters. The third-order valence-corrected chi connectivity index (χ3v) is 6.84. The summed E-state index contributed by atoms with van der Waals surface area (Å²) in [6.07, 6.45) is 0.868. The molecule has 1 aromatic heterocycles. The zero-order valence-corrected chi connectivity index (χ0v) is 18.8. The normalized spacial score (nSPS) is 23.8. The lowest BCUT2D eigenvalue weighted by Gasteiger charge is -2.41. The van der Waals surface area contributed by atoms with Crippen LogP contribution in [0.1, 0.15) is 48.7 Å². The molecule has 2 aliphatic rings. The van der Waals surface area contributed by atoms with E-state index < -0.39 is 11.5 Å². The standard InChI is InChI=1S/C26H27N3O3/c1-25(2)14-19(30)26(15-25)22(17-10-12-18(32-4)13-11-17)27-24-20(23(26)31)21(28-29(24)3)16-8-6-5-7-9-16/h5-13,22,27H,14-15H2,1-4H3/t22-,26+/m1/s1. The van der Waals surface area contributed by atoms with Gasteiger partial charge in [0.1, 0.15) is 28.5 Å². The number of ketones is 2.